The van der Waals surface area contributed by atoms with Gasteiger partial charge in [-0.15, -0.1) is 11.8 Å². The number of thioether (sulfide) groups is 1. The minimum Gasteiger partial charge on any atom is -0.293 e. The number of hydrogen-bond donors (Lipinski definition) is 0. The van der Waals surface area contributed by atoms with Crippen LogP contribution in [0.25, 0.3) is 0 Å². The summed E-state index contributed by atoms with van der Waals surface area (Å²) in [5, 5.41) is -0.0673. The molecule has 0 radical (unpaired) electrons. The predicted molar refractivity (Wildman–Crippen MR) is 86.6 cm³/mol. The topological polar surface area (TPSA) is 17.1 Å². The summed E-state index contributed by atoms with van der Waals surface area (Å²) in [6.45, 7) is 6.34. The van der Waals surface area contributed by atoms with Crippen molar-refractivity contribution < 1.29 is 4.79 Å². The highest BCUT2D eigenvalue weighted by molar-refractivity contribution is 8.00. The van der Waals surface area contributed by atoms with E-state index in [4.69, 9.17) is 0 Å². The molecule has 0 aliphatic carbocycles. The maximum Gasteiger partial charge on any atom is 0.175 e. The zero-order chi connectivity index (χ0) is 14.5. The molecule has 1 nitrogen and oxygen atoms in total. The van der Waals surface area contributed by atoms with Gasteiger partial charge in [0.25, 0.3) is 0 Å². The second kappa shape index (κ2) is 6.76. The van der Waals surface area contributed by atoms with Gasteiger partial charge in [-0.25, -0.2) is 0 Å². The van der Waals surface area contributed by atoms with Crippen LogP contribution in [0.15, 0.2) is 59.5 Å². The van der Waals surface area contributed by atoms with E-state index in [9.17, 15) is 4.79 Å². The molecule has 0 heterocycles. The van der Waals surface area contributed by atoms with Crippen molar-refractivity contribution in [2.45, 2.75) is 36.8 Å². The van der Waals surface area contributed by atoms with Gasteiger partial charge in [0.1, 0.15) is 0 Å². The summed E-state index contributed by atoms with van der Waals surface area (Å²) in [5.74, 6) is 0.723. The van der Waals surface area contributed by atoms with Crippen LogP contribution in [0.2, 0.25) is 0 Å². The summed E-state index contributed by atoms with van der Waals surface area (Å²) in [6.07, 6.45) is 0. The first-order chi connectivity index (χ1) is 9.58. The standard InChI is InChI=1S/C18H20OS/c1-13(2)15-9-11-17(12-10-15)20-14(3)18(19)16-7-5-4-6-8-16/h4-14H,1-3H3. The Hall–Kier alpha value is -1.54. The monoisotopic (exact) mass is 284 g/mol. The van der Waals surface area contributed by atoms with Gasteiger partial charge in [-0.05, 0) is 30.5 Å². The lowest BCUT2D eigenvalue weighted by Gasteiger charge is -2.11. The molecule has 1 atom stereocenters. The molecule has 0 bridgehead atoms. The third-order valence-corrected chi connectivity index (χ3v) is 4.40. The molecule has 0 saturated heterocycles. The molecule has 0 aromatic heterocycles. The highest BCUT2D eigenvalue weighted by Gasteiger charge is 2.16. The first kappa shape index (κ1) is 14.9. The fraction of sp³-hybridized carbons (Fsp3) is 0.278. The summed E-state index contributed by atoms with van der Waals surface area (Å²) in [5.41, 5.74) is 2.11. The van der Waals surface area contributed by atoms with Gasteiger partial charge in [0.05, 0.1) is 5.25 Å². The molecule has 0 spiro atoms. The maximum absolute atomic E-state index is 12.3. The van der Waals surface area contributed by atoms with Crippen molar-refractivity contribution in [1.82, 2.24) is 0 Å². The lowest BCUT2D eigenvalue weighted by molar-refractivity contribution is 0.0994. The maximum atomic E-state index is 12.3. The minimum absolute atomic E-state index is 0.0673. The fourth-order valence-electron chi connectivity index (χ4n) is 2.03. The van der Waals surface area contributed by atoms with Gasteiger partial charge in [-0.2, -0.15) is 0 Å². The average Bonchev–Trinajstić information content (AvgIpc) is 2.48. The summed E-state index contributed by atoms with van der Waals surface area (Å²) < 4.78 is 0. The first-order valence-electron chi connectivity index (χ1n) is 6.94. The first-order valence-corrected chi connectivity index (χ1v) is 7.82. The van der Waals surface area contributed by atoms with Crippen LogP contribution >= 0.6 is 11.8 Å². The van der Waals surface area contributed by atoms with E-state index in [2.05, 4.69) is 38.1 Å². The van der Waals surface area contributed by atoms with Crippen LogP contribution in [-0.4, -0.2) is 11.0 Å². The van der Waals surface area contributed by atoms with Crippen LogP contribution in [-0.2, 0) is 0 Å². The number of benzene rings is 2. The van der Waals surface area contributed by atoms with E-state index in [1.54, 1.807) is 11.8 Å². The Morgan fingerprint density at radius 3 is 2.05 bits per heavy atom. The molecule has 20 heavy (non-hydrogen) atoms. The SMILES string of the molecule is CC(Sc1ccc(C(C)C)cc1)C(=O)c1ccccc1. The van der Waals surface area contributed by atoms with Crippen molar-refractivity contribution in [3.8, 4) is 0 Å². The summed E-state index contributed by atoms with van der Waals surface area (Å²) >= 11 is 1.62. The molecule has 2 aromatic rings. The zero-order valence-corrected chi connectivity index (χ0v) is 13.0. The third-order valence-electron chi connectivity index (χ3n) is 3.29. The molecule has 2 heteroatoms. The fourth-order valence-corrected chi connectivity index (χ4v) is 2.97. The lowest BCUT2D eigenvalue weighted by atomic mass is 10.0. The normalized spacial score (nSPS) is 12.4. The van der Waals surface area contributed by atoms with Crippen LogP contribution in [0.4, 0.5) is 0 Å². The number of carbonyl (C=O) groups is 1. The van der Waals surface area contributed by atoms with E-state index >= 15 is 0 Å². The molecule has 2 aromatic carbocycles. The Morgan fingerprint density at radius 1 is 0.900 bits per heavy atom. The van der Waals surface area contributed by atoms with E-state index in [0.717, 1.165) is 10.5 Å². The molecule has 0 aliphatic rings. The van der Waals surface area contributed by atoms with Crippen molar-refractivity contribution in [3.63, 3.8) is 0 Å². The molecular weight excluding hydrogens is 264 g/mol. The second-order valence-electron chi connectivity index (χ2n) is 5.21. The van der Waals surface area contributed by atoms with Crippen molar-refractivity contribution in [1.29, 1.82) is 0 Å². The van der Waals surface area contributed by atoms with Crippen molar-refractivity contribution in [2.75, 3.05) is 0 Å². The molecular formula is C18H20OS. The largest absolute Gasteiger partial charge is 0.293 e. The Morgan fingerprint density at radius 2 is 1.50 bits per heavy atom. The average molecular weight is 284 g/mol. The molecule has 0 N–H and O–H groups in total. The Bertz CT molecular complexity index is 558. The van der Waals surface area contributed by atoms with Crippen molar-refractivity contribution in [2.24, 2.45) is 0 Å². The second-order valence-corrected chi connectivity index (χ2v) is 6.63. The lowest BCUT2D eigenvalue weighted by Crippen LogP contribution is -2.13. The van der Waals surface area contributed by atoms with Crippen LogP contribution in [0, 0.1) is 0 Å². The number of ketones is 1. The number of Topliss-reactive ketones (excluding diaryl/α,β-unsaturated/α-hetero) is 1. The van der Waals surface area contributed by atoms with E-state index in [1.807, 2.05) is 37.3 Å². The minimum atomic E-state index is -0.0673. The smallest absolute Gasteiger partial charge is 0.175 e. The van der Waals surface area contributed by atoms with Crippen LogP contribution in [0.5, 0.6) is 0 Å². The zero-order valence-electron chi connectivity index (χ0n) is 12.2. The molecule has 0 aliphatic heterocycles. The van der Waals surface area contributed by atoms with E-state index in [0.29, 0.717) is 5.92 Å². The van der Waals surface area contributed by atoms with Crippen LogP contribution in [0.3, 0.4) is 0 Å². The molecule has 0 amide bonds. The van der Waals surface area contributed by atoms with Crippen LogP contribution < -0.4 is 0 Å². The number of rotatable bonds is 5. The Balaban J connectivity index is 2.04. The van der Waals surface area contributed by atoms with Gasteiger partial charge in [0.15, 0.2) is 5.78 Å². The van der Waals surface area contributed by atoms with Gasteiger partial charge in [-0.1, -0.05) is 56.3 Å². The van der Waals surface area contributed by atoms with Gasteiger partial charge < -0.3 is 0 Å². The molecule has 104 valence electrons. The highest BCUT2D eigenvalue weighted by atomic mass is 32.2. The summed E-state index contributed by atoms with van der Waals surface area (Å²) in [4.78, 5) is 13.4. The Labute approximate surface area is 125 Å². The van der Waals surface area contributed by atoms with E-state index in [1.165, 1.54) is 5.56 Å². The van der Waals surface area contributed by atoms with E-state index < -0.39 is 0 Å². The molecule has 2 rings (SSSR count). The van der Waals surface area contributed by atoms with Gasteiger partial charge >= 0.3 is 0 Å². The Kier molecular flexibility index (Phi) is 5.02. The molecule has 0 fully saturated rings. The number of hydrogen-bond acceptors (Lipinski definition) is 2. The van der Waals surface area contributed by atoms with Crippen molar-refractivity contribution >= 4 is 17.5 Å². The van der Waals surface area contributed by atoms with E-state index in [-0.39, 0.29) is 11.0 Å². The summed E-state index contributed by atoms with van der Waals surface area (Å²) in [6, 6.07) is 18.0. The van der Waals surface area contributed by atoms with Crippen molar-refractivity contribution in [3.05, 3.63) is 65.7 Å². The molecule has 1 unspecified atom stereocenters. The van der Waals surface area contributed by atoms with Gasteiger partial charge in [0.2, 0.25) is 0 Å². The predicted octanol–water partition coefficient (Wildman–Crippen LogP) is 5.17. The van der Waals surface area contributed by atoms with Gasteiger partial charge in [0, 0.05) is 10.5 Å². The summed E-state index contributed by atoms with van der Waals surface area (Å²) in [7, 11) is 0. The quantitative estimate of drug-likeness (QED) is 0.556. The molecule has 0 saturated carbocycles. The van der Waals surface area contributed by atoms with Crippen LogP contribution in [0.1, 0.15) is 42.6 Å². The van der Waals surface area contributed by atoms with Gasteiger partial charge in [-0.3, -0.25) is 4.79 Å². The number of carbonyl (C=O) groups excluding carboxylic acids is 1. The third kappa shape index (κ3) is 3.73. The highest BCUT2D eigenvalue weighted by Crippen LogP contribution is 2.27.